The average molecular weight is 1530 g/mol. The highest BCUT2D eigenvalue weighted by atomic mass is 16.3. The van der Waals surface area contributed by atoms with Crippen LogP contribution in [0, 0.1) is 34.6 Å². The van der Waals surface area contributed by atoms with Crippen LogP contribution in [0.4, 0.5) is 56.9 Å². The molecule has 10 aromatic carbocycles. The Morgan fingerprint density at radius 1 is 0.292 bits per heavy atom. The third-order valence-corrected chi connectivity index (χ3v) is 21.1. The molecule has 1 aliphatic carbocycles. The molecule has 606 valence electrons. The molecule has 0 spiro atoms. The van der Waals surface area contributed by atoms with E-state index >= 15 is 0 Å². The number of nitrogens with one attached hydrogen (secondary N) is 5. The number of aromatic hydroxyl groups is 5. The van der Waals surface area contributed by atoms with Crippen molar-refractivity contribution in [3.63, 3.8) is 0 Å². The fourth-order valence-corrected chi connectivity index (χ4v) is 14.4. The molecule has 10 aromatic rings. The second-order valence-electron chi connectivity index (χ2n) is 33.5. The minimum Gasteiger partial charge on any atom is -0.508 e. The summed E-state index contributed by atoms with van der Waals surface area (Å²) in [4.78, 5) is 0. The van der Waals surface area contributed by atoms with E-state index in [1.807, 2.05) is 54.6 Å². The van der Waals surface area contributed by atoms with Crippen LogP contribution in [0.25, 0.3) is 0 Å². The van der Waals surface area contributed by atoms with Gasteiger partial charge in [0, 0.05) is 63.7 Å². The summed E-state index contributed by atoms with van der Waals surface area (Å²) in [7, 11) is 0. The van der Waals surface area contributed by atoms with Gasteiger partial charge in [0.15, 0.2) is 0 Å². The van der Waals surface area contributed by atoms with Gasteiger partial charge in [-0.15, -0.1) is 0 Å². The van der Waals surface area contributed by atoms with Crippen molar-refractivity contribution < 1.29 is 25.5 Å². The largest absolute Gasteiger partial charge is 0.508 e. The van der Waals surface area contributed by atoms with Crippen molar-refractivity contribution >= 4 is 56.9 Å². The molecule has 10 heteroatoms. The highest BCUT2D eigenvalue weighted by molar-refractivity contribution is 5.72. The lowest BCUT2D eigenvalue weighted by atomic mass is 9.87. The van der Waals surface area contributed by atoms with Crippen molar-refractivity contribution in [1.29, 1.82) is 0 Å². The molecule has 0 radical (unpaired) electrons. The second kappa shape index (κ2) is 46.4. The third kappa shape index (κ3) is 30.9. The number of phenolic OH excluding ortho intramolecular Hbond substituents is 5. The Balaban J connectivity index is 0.000000196. The van der Waals surface area contributed by atoms with Crippen molar-refractivity contribution in [3.8, 4) is 28.7 Å². The van der Waals surface area contributed by atoms with Gasteiger partial charge in [0.1, 0.15) is 28.7 Å². The summed E-state index contributed by atoms with van der Waals surface area (Å²) >= 11 is 0. The van der Waals surface area contributed by atoms with E-state index in [1.54, 1.807) is 0 Å². The van der Waals surface area contributed by atoms with Crippen LogP contribution in [0.5, 0.6) is 28.7 Å². The van der Waals surface area contributed by atoms with E-state index < -0.39 is 0 Å². The molecule has 11 rings (SSSR count). The summed E-state index contributed by atoms with van der Waals surface area (Å²) < 4.78 is 0. The maximum absolute atomic E-state index is 10.3. The SMILES string of the molecule is CCCCCCc1ccc(Nc2c(C)cc(C)cc2C)cc1O.CCCCCCc1ccc(Nc2ccc(CCCC)cc2)cc1O.CCCCCCc1ccc(Nc2cccc3c2CCCC3)cc1O.CCCCc1ccc(Nc2ccc(C(C)(C)C)cc2O)cc1.Cc1cc(C)cc(Nc2ccc(C(C)(C)C)cc2O)c1. The van der Waals surface area contributed by atoms with Gasteiger partial charge in [-0.2, -0.15) is 0 Å². The molecule has 0 aliphatic heterocycles. The van der Waals surface area contributed by atoms with Crippen LogP contribution >= 0.6 is 0 Å². The van der Waals surface area contributed by atoms with Crippen LogP contribution in [0.1, 0.15) is 270 Å². The van der Waals surface area contributed by atoms with Crippen molar-refractivity contribution in [2.24, 2.45) is 0 Å². The van der Waals surface area contributed by atoms with E-state index in [1.165, 1.54) is 158 Å². The summed E-state index contributed by atoms with van der Waals surface area (Å²) in [6.07, 6.45) is 29.7. The zero-order valence-electron chi connectivity index (χ0n) is 71.8. The van der Waals surface area contributed by atoms with Crippen molar-refractivity contribution in [2.45, 2.75) is 282 Å². The minimum absolute atomic E-state index is 0.0376. The molecule has 0 aromatic heterocycles. The summed E-state index contributed by atoms with van der Waals surface area (Å²) in [6.45, 7) is 34.4. The number of benzene rings is 10. The quantitative estimate of drug-likeness (QED) is 0.0150. The molecule has 10 N–H and O–H groups in total. The van der Waals surface area contributed by atoms with Gasteiger partial charge in [0.05, 0.1) is 11.4 Å². The van der Waals surface area contributed by atoms with E-state index in [2.05, 4.69) is 271 Å². The Labute approximate surface area is 681 Å². The lowest BCUT2D eigenvalue weighted by Crippen LogP contribution is -2.10. The topological polar surface area (TPSA) is 161 Å². The van der Waals surface area contributed by atoms with Crippen molar-refractivity contribution in [2.75, 3.05) is 26.6 Å². The molecule has 0 heterocycles. The van der Waals surface area contributed by atoms with Gasteiger partial charge in [0.2, 0.25) is 0 Å². The number of hydrogen-bond donors (Lipinski definition) is 10. The van der Waals surface area contributed by atoms with Gasteiger partial charge >= 0.3 is 0 Å². The first kappa shape index (κ1) is 90.4. The predicted octanol–water partition coefficient (Wildman–Crippen LogP) is 29.7. The lowest BCUT2D eigenvalue weighted by Gasteiger charge is -2.20. The van der Waals surface area contributed by atoms with Gasteiger partial charge in [0.25, 0.3) is 0 Å². The summed E-state index contributed by atoms with van der Waals surface area (Å²) in [5.74, 6) is 1.80. The average Bonchev–Trinajstić information content (AvgIpc) is 0.816. The molecule has 0 saturated carbocycles. The fourth-order valence-electron chi connectivity index (χ4n) is 14.4. The first-order chi connectivity index (χ1) is 54.2. The van der Waals surface area contributed by atoms with Gasteiger partial charge in [-0.05, 0) is 293 Å². The zero-order chi connectivity index (χ0) is 81.9. The molecule has 0 unspecified atom stereocenters. The van der Waals surface area contributed by atoms with Crippen LogP contribution in [-0.4, -0.2) is 25.5 Å². The Bertz CT molecular complexity index is 4460. The number of fused-ring (bicyclic) bond motifs is 1. The van der Waals surface area contributed by atoms with Crippen molar-refractivity contribution in [1.82, 2.24) is 0 Å². The smallest absolute Gasteiger partial charge is 0.139 e. The zero-order valence-corrected chi connectivity index (χ0v) is 71.8. The van der Waals surface area contributed by atoms with E-state index in [9.17, 15) is 25.5 Å². The monoisotopic (exact) mass is 1530 g/mol. The van der Waals surface area contributed by atoms with E-state index in [4.69, 9.17) is 0 Å². The molecular weight excluding hydrogens is 1390 g/mol. The van der Waals surface area contributed by atoms with Crippen LogP contribution in [0.3, 0.4) is 0 Å². The van der Waals surface area contributed by atoms with Gasteiger partial charge < -0.3 is 52.1 Å². The maximum atomic E-state index is 10.3. The Morgan fingerprint density at radius 2 is 0.664 bits per heavy atom. The number of anilines is 10. The van der Waals surface area contributed by atoms with Crippen LogP contribution in [-0.2, 0) is 55.8 Å². The van der Waals surface area contributed by atoms with E-state index in [0.29, 0.717) is 23.0 Å². The summed E-state index contributed by atoms with van der Waals surface area (Å²) in [6, 6.07) is 63.8. The van der Waals surface area contributed by atoms with Gasteiger partial charge in [-0.3, -0.25) is 0 Å². The first-order valence-corrected chi connectivity index (χ1v) is 42.6. The molecule has 0 saturated heterocycles. The number of rotatable bonds is 31. The molecule has 1 aliphatic rings. The highest BCUT2D eigenvalue weighted by Crippen LogP contribution is 2.38. The standard InChI is InChI=1S/C22H29NO.C22H31NO.C21H29NO.C20H27NO.C18H23NO/c1-2-3-4-5-10-18-14-15-19(16-22(18)24)23-21-13-8-11-17-9-6-7-12-20(17)21;1-3-5-7-8-10-19-13-16-21(17-22(19)24)23-20-14-11-18(12-15-20)9-6-4-2;1-5-6-7-8-9-18-10-11-19(14-20(18)23)22-21-16(3)12-15(2)13-17(21)4;1-5-6-7-15-8-11-17(12-9-15)21-18-13-10-16(14-19(18)22)20(2,3)4;1-12-8-13(2)10-15(9-12)19-16-7-6-14(11-17(16)20)18(3,4)5/h8,11,13-16,23-24H,2-7,9-10,12H2,1H3;11-17,23-24H,3-10H2,1-2H3;10-14,22-23H,5-9H2,1-4H3;8-14,21-22H,5-7H2,1-4H3;6-11,19-20H,1-5H3. The van der Waals surface area contributed by atoms with Crippen LogP contribution < -0.4 is 26.6 Å². The molecule has 0 amide bonds. The summed E-state index contributed by atoms with van der Waals surface area (Å²) in [5, 5.41) is 68.1. The minimum atomic E-state index is 0.0376. The Kier molecular flexibility index (Phi) is 37.1. The fraction of sp³-hybridized carbons (Fsp3) is 0.417. The number of unbranched alkanes of at least 4 members (excludes halogenated alkanes) is 11. The predicted molar refractivity (Wildman–Crippen MR) is 488 cm³/mol. The maximum Gasteiger partial charge on any atom is 0.139 e. The Morgan fingerprint density at radius 3 is 1.07 bits per heavy atom. The van der Waals surface area contributed by atoms with Gasteiger partial charge in [-0.25, -0.2) is 0 Å². The molecule has 0 atom stereocenters. The Hall–Kier alpha value is -9.80. The second-order valence-corrected chi connectivity index (χ2v) is 33.5. The molecule has 0 bridgehead atoms. The normalized spacial score (nSPS) is 11.6. The lowest BCUT2D eigenvalue weighted by molar-refractivity contribution is 0.466. The first-order valence-electron chi connectivity index (χ1n) is 42.6. The third-order valence-electron chi connectivity index (χ3n) is 21.1. The van der Waals surface area contributed by atoms with Crippen LogP contribution in [0.2, 0.25) is 0 Å². The highest BCUT2D eigenvalue weighted by Gasteiger charge is 2.19. The molecule has 0 fully saturated rings. The number of hydrogen-bond acceptors (Lipinski definition) is 10. The van der Waals surface area contributed by atoms with Crippen LogP contribution in [0.15, 0.2) is 188 Å². The number of phenols is 5. The van der Waals surface area contributed by atoms with Gasteiger partial charge in [-0.1, -0.05) is 237 Å². The number of aryl methyl sites for hydroxylation is 11. The molecule has 10 nitrogen and oxygen atoms in total. The summed E-state index contributed by atoms with van der Waals surface area (Å²) in [5.41, 5.74) is 27.0. The van der Waals surface area contributed by atoms with E-state index in [-0.39, 0.29) is 16.6 Å². The molecular formula is C103H139N5O5. The van der Waals surface area contributed by atoms with Crippen molar-refractivity contribution in [3.05, 3.63) is 266 Å². The molecule has 113 heavy (non-hydrogen) atoms. The van der Waals surface area contributed by atoms with E-state index in [0.717, 1.165) is 137 Å².